The van der Waals surface area contributed by atoms with Crippen LogP contribution in [0.15, 0.2) is 18.2 Å². The zero-order valence-corrected chi connectivity index (χ0v) is 11.4. The van der Waals surface area contributed by atoms with E-state index in [1.807, 2.05) is 6.92 Å². The molecule has 0 fully saturated rings. The highest BCUT2D eigenvalue weighted by molar-refractivity contribution is 5.93. The molecule has 5 nitrogen and oxygen atoms in total. The van der Waals surface area contributed by atoms with Gasteiger partial charge in [0.05, 0.1) is 13.0 Å². The van der Waals surface area contributed by atoms with Crippen molar-refractivity contribution in [3.05, 3.63) is 18.2 Å². The molecule has 0 aliphatic carbocycles. The summed E-state index contributed by atoms with van der Waals surface area (Å²) in [5.74, 6) is -0.560. The fourth-order valence-corrected chi connectivity index (χ4v) is 1.65. The number of carbonyl (C=O) groups is 1. The fraction of sp³-hybridized carbons (Fsp3) is 0.462. The lowest BCUT2D eigenvalue weighted by Crippen LogP contribution is -2.28. The summed E-state index contributed by atoms with van der Waals surface area (Å²) in [6, 6.07) is 4.27. The Hall–Kier alpha value is -1.89. The molecule has 0 aliphatic heterocycles. The molecule has 1 unspecified atom stereocenters. The standard InChI is InChI=1S/C13H18F2N2O3/c1-3-8(7-16)12(18)17-9-4-5-10(19-2)11(6-9)20-13(14)15/h4-6,8,13H,3,7,16H2,1-2H3,(H,17,18). The van der Waals surface area contributed by atoms with Gasteiger partial charge in [0.1, 0.15) is 0 Å². The zero-order chi connectivity index (χ0) is 15.1. The van der Waals surface area contributed by atoms with Crippen molar-refractivity contribution in [1.29, 1.82) is 0 Å². The number of carbonyl (C=O) groups excluding carboxylic acids is 1. The van der Waals surface area contributed by atoms with Crippen molar-refractivity contribution in [2.24, 2.45) is 11.7 Å². The first-order valence-corrected chi connectivity index (χ1v) is 6.15. The second-order valence-electron chi connectivity index (χ2n) is 4.07. The number of anilines is 1. The van der Waals surface area contributed by atoms with Gasteiger partial charge in [0, 0.05) is 18.3 Å². The summed E-state index contributed by atoms with van der Waals surface area (Å²) in [4.78, 5) is 11.9. The SMILES string of the molecule is CCC(CN)C(=O)Nc1ccc(OC)c(OC(F)F)c1. The minimum Gasteiger partial charge on any atom is -0.493 e. The van der Waals surface area contributed by atoms with Gasteiger partial charge in [0.2, 0.25) is 5.91 Å². The van der Waals surface area contributed by atoms with Crippen molar-refractivity contribution in [2.75, 3.05) is 19.0 Å². The van der Waals surface area contributed by atoms with E-state index in [2.05, 4.69) is 10.1 Å². The third-order valence-corrected chi connectivity index (χ3v) is 2.80. The molecule has 3 N–H and O–H groups in total. The number of hydrogen-bond acceptors (Lipinski definition) is 4. The summed E-state index contributed by atoms with van der Waals surface area (Å²) < 4.78 is 33.8. The Labute approximate surface area is 116 Å². The van der Waals surface area contributed by atoms with Crippen molar-refractivity contribution in [3.63, 3.8) is 0 Å². The van der Waals surface area contributed by atoms with E-state index in [1.165, 1.54) is 25.3 Å². The van der Waals surface area contributed by atoms with Crippen LogP contribution in [0.2, 0.25) is 0 Å². The number of ether oxygens (including phenoxy) is 2. The van der Waals surface area contributed by atoms with Gasteiger partial charge in [-0.05, 0) is 18.6 Å². The number of hydrogen-bond donors (Lipinski definition) is 2. The molecule has 0 aromatic heterocycles. The number of benzene rings is 1. The van der Waals surface area contributed by atoms with Gasteiger partial charge in [-0.2, -0.15) is 8.78 Å². The van der Waals surface area contributed by atoms with Gasteiger partial charge in [0.15, 0.2) is 11.5 Å². The second-order valence-corrected chi connectivity index (χ2v) is 4.07. The summed E-state index contributed by atoms with van der Waals surface area (Å²) in [6.45, 7) is -0.905. The molecule has 1 rings (SSSR count). The third kappa shape index (κ3) is 4.34. The summed E-state index contributed by atoms with van der Waals surface area (Å²) in [5.41, 5.74) is 5.82. The molecule has 1 amide bonds. The van der Waals surface area contributed by atoms with Gasteiger partial charge in [-0.15, -0.1) is 0 Å². The van der Waals surface area contributed by atoms with Crippen LogP contribution in [0.5, 0.6) is 11.5 Å². The number of nitrogens with two attached hydrogens (primary N) is 1. The van der Waals surface area contributed by atoms with Crippen molar-refractivity contribution in [3.8, 4) is 11.5 Å². The van der Waals surface area contributed by atoms with Gasteiger partial charge in [-0.25, -0.2) is 0 Å². The van der Waals surface area contributed by atoms with Gasteiger partial charge in [-0.1, -0.05) is 6.92 Å². The lowest BCUT2D eigenvalue weighted by molar-refractivity contribution is -0.119. The molecule has 1 aromatic carbocycles. The molecule has 112 valence electrons. The Morgan fingerprint density at radius 1 is 1.40 bits per heavy atom. The van der Waals surface area contributed by atoms with Crippen LogP contribution in [0.3, 0.4) is 0 Å². The molecule has 7 heteroatoms. The van der Waals surface area contributed by atoms with E-state index in [4.69, 9.17) is 10.5 Å². The van der Waals surface area contributed by atoms with E-state index in [-0.39, 0.29) is 29.9 Å². The predicted octanol–water partition coefficient (Wildman–Crippen LogP) is 2.22. The van der Waals surface area contributed by atoms with Crippen LogP contribution in [-0.2, 0) is 4.79 Å². The van der Waals surface area contributed by atoms with Gasteiger partial charge < -0.3 is 20.5 Å². The van der Waals surface area contributed by atoms with Crippen LogP contribution in [0.4, 0.5) is 14.5 Å². The molecule has 0 spiro atoms. The second kappa shape index (κ2) is 7.64. The van der Waals surface area contributed by atoms with Crippen LogP contribution in [0.25, 0.3) is 0 Å². The molecule has 1 atom stereocenters. The number of nitrogens with one attached hydrogen (secondary N) is 1. The maximum Gasteiger partial charge on any atom is 0.387 e. The van der Waals surface area contributed by atoms with E-state index in [0.717, 1.165) is 0 Å². The first-order chi connectivity index (χ1) is 9.51. The van der Waals surface area contributed by atoms with Crippen LogP contribution in [0.1, 0.15) is 13.3 Å². The average Bonchev–Trinajstić information content (AvgIpc) is 2.39. The predicted molar refractivity (Wildman–Crippen MR) is 71.1 cm³/mol. The van der Waals surface area contributed by atoms with E-state index in [0.29, 0.717) is 12.1 Å². The van der Waals surface area contributed by atoms with Crippen molar-refractivity contribution in [2.45, 2.75) is 20.0 Å². The normalized spacial score (nSPS) is 12.1. The molecule has 0 saturated heterocycles. The Kier molecular flexibility index (Phi) is 6.17. The summed E-state index contributed by atoms with van der Waals surface area (Å²) in [7, 11) is 1.34. The first-order valence-electron chi connectivity index (χ1n) is 6.15. The van der Waals surface area contributed by atoms with E-state index >= 15 is 0 Å². The topological polar surface area (TPSA) is 73.6 Å². The number of rotatable bonds is 7. The van der Waals surface area contributed by atoms with Crippen LogP contribution >= 0.6 is 0 Å². The fourth-order valence-electron chi connectivity index (χ4n) is 1.65. The quantitative estimate of drug-likeness (QED) is 0.807. The Morgan fingerprint density at radius 2 is 2.10 bits per heavy atom. The lowest BCUT2D eigenvalue weighted by Gasteiger charge is -2.15. The smallest absolute Gasteiger partial charge is 0.387 e. The maximum absolute atomic E-state index is 12.3. The lowest BCUT2D eigenvalue weighted by atomic mass is 10.1. The monoisotopic (exact) mass is 288 g/mol. The summed E-state index contributed by atoms with van der Waals surface area (Å²) >= 11 is 0. The number of amides is 1. The highest BCUT2D eigenvalue weighted by atomic mass is 19.3. The molecule has 0 radical (unpaired) electrons. The van der Waals surface area contributed by atoms with Gasteiger partial charge in [0.25, 0.3) is 0 Å². The summed E-state index contributed by atoms with van der Waals surface area (Å²) in [5, 5.41) is 2.61. The molecule has 1 aromatic rings. The minimum absolute atomic E-state index is 0.138. The average molecular weight is 288 g/mol. The van der Waals surface area contributed by atoms with Gasteiger partial charge in [-0.3, -0.25) is 4.79 Å². The number of alkyl halides is 2. The maximum atomic E-state index is 12.3. The summed E-state index contributed by atoms with van der Waals surface area (Å²) in [6.07, 6.45) is 0.596. The zero-order valence-electron chi connectivity index (χ0n) is 11.4. The molecule has 0 saturated carbocycles. The van der Waals surface area contributed by atoms with Crippen LogP contribution in [-0.4, -0.2) is 26.2 Å². The van der Waals surface area contributed by atoms with E-state index in [9.17, 15) is 13.6 Å². The Bertz CT molecular complexity index is 451. The highest BCUT2D eigenvalue weighted by Gasteiger charge is 2.16. The minimum atomic E-state index is -2.97. The number of halogens is 2. The van der Waals surface area contributed by atoms with E-state index in [1.54, 1.807) is 0 Å². The van der Waals surface area contributed by atoms with Crippen molar-refractivity contribution >= 4 is 11.6 Å². The molecule has 0 heterocycles. The Morgan fingerprint density at radius 3 is 2.60 bits per heavy atom. The van der Waals surface area contributed by atoms with Gasteiger partial charge >= 0.3 is 6.61 Å². The van der Waals surface area contributed by atoms with Crippen molar-refractivity contribution < 1.29 is 23.0 Å². The van der Waals surface area contributed by atoms with Crippen LogP contribution < -0.4 is 20.5 Å². The molecule has 0 aliphatic rings. The highest BCUT2D eigenvalue weighted by Crippen LogP contribution is 2.31. The largest absolute Gasteiger partial charge is 0.493 e. The third-order valence-electron chi connectivity index (χ3n) is 2.80. The first kappa shape index (κ1) is 16.2. The molecular formula is C13H18F2N2O3. The van der Waals surface area contributed by atoms with Crippen LogP contribution in [0, 0.1) is 5.92 Å². The molecular weight excluding hydrogens is 270 g/mol. The van der Waals surface area contributed by atoms with Crippen molar-refractivity contribution in [1.82, 2.24) is 0 Å². The molecule has 20 heavy (non-hydrogen) atoms. The molecule has 0 bridgehead atoms. The Balaban J connectivity index is 2.88. The van der Waals surface area contributed by atoms with E-state index < -0.39 is 6.61 Å². The number of methoxy groups -OCH3 is 1.